The predicted molar refractivity (Wildman–Crippen MR) is 139 cm³/mol. The SMILES string of the molecule is CCCOC(=O)c1nnc(N=Nc2cc3c(cc2NS(=O)(=O)C(F)(F)F)N(C(CC)CC)C(CC)CC3)s1. The molecule has 0 fully saturated rings. The summed E-state index contributed by atoms with van der Waals surface area (Å²) in [5.41, 5.74) is -4.49. The van der Waals surface area contributed by atoms with E-state index in [-0.39, 0.29) is 40.2 Å². The molecular formula is C23H31F3N6O4S2. The third-order valence-electron chi connectivity index (χ3n) is 6.24. The lowest BCUT2D eigenvalue weighted by Gasteiger charge is -2.44. The Bertz CT molecular complexity index is 1260. The average Bonchev–Trinajstić information content (AvgIpc) is 3.35. The Morgan fingerprint density at radius 3 is 2.53 bits per heavy atom. The molecule has 0 saturated carbocycles. The quantitative estimate of drug-likeness (QED) is 0.239. The van der Waals surface area contributed by atoms with Gasteiger partial charge in [-0.3, -0.25) is 4.72 Å². The molecule has 0 saturated heterocycles. The zero-order valence-corrected chi connectivity index (χ0v) is 23.2. The number of aromatic nitrogens is 2. The van der Waals surface area contributed by atoms with Crippen LogP contribution >= 0.6 is 11.3 Å². The molecular weight excluding hydrogens is 545 g/mol. The summed E-state index contributed by atoms with van der Waals surface area (Å²) in [6, 6.07) is 3.25. The van der Waals surface area contributed by atoms with Crippen LogP contribution in [0.1, 0.15) is 75.2 Å². The molecule has 1 aromatic heterocycles. The van der Waals surface area contributed by atoms with E-state index in [0.29, 0.717) is 18.5 Å². The van der Waals surface area contributed by atoms with Crippen LogP contribution in [0.3, 0.4) is 0 Å². The molecule has 0 aliphatic carbocycles. The van der Waals surface area contributed by atoms with Crippen LogP contribution in [0, 0.1) is 0 Å². The summed E-state index contributed by atoms with van der Waals surface area (Å²) >= 11 is 0.792. The number of benzene rings is 1. The van der Waals surface area contributed by atoms with E-state index in [1.807, 2.05) is 20.8 Å². The van der Waals surface area contributed by atoms with Crippen LogP contribution in [0.2, 0.25) is 0 Å². The number of aryl methyl sites for hydroxylation is 1. The monoisotopic (exact) mass is 576 g/mol. The molecule has 1 atom stereocenters. The zero-order chi connectivity index (χ0) is 28.1. The summed E-state index contributed by atoms with van der Waals surface area (Å²) in [5, 5.41) is 15.3. The molecule has 1 N–H and O–H groups in total. The van der Waals surface area contributed by atoms with Crippen LogP contribution in [-0.4, -0.2) is 48.8 Å². The number of carbonyl (C=O) groups is 1. The highest BCUT2D eigenvalue weighted by molar-refractivity contribution is 7.93. The number of ether oxygens (including phenoxy) is 1. The number of sulfonamides is 1. The molecule has 1 aliphatic heterocycles. The van der Waals surface area contributed by atoms with Gasteiger partial charge in [-0.05, 0) is 56.2 Å². The number of azo groups is 1. The Balaban J connectivity index is 2.06. The number of fused-ring (bicyclic) bond motifs is 1. The Hall–Kier alpha value is -2.81. The maximum Gasteiger partial charge on any atom is 0.516 e. The van der Waals surface area contributed by atoms with Gasteiger partial charge >= 0.3 is 21.5 Å². The molecule has 38 heavy (non-hydrogen) atoms. The Morgan fingerprint density at radius 2 is 1.92 bits per heavy atom. The van der Waals surface area contributed by atoms with Gasteiger partial charge in [0.2, 0.25) is 5.01 Å². The third kappa shape index (κ3) is 6.60. The van der Waals surface area contributed by atoms with Crippen molar-refractivity contribution in [2.45, 2.75) is 83.8 Å². The number of alkyl halides is 3. The number of hydrogen-bond donors (Lipinski definition) is 1. The highest BCUT2D eigenvalue weighted by Gasteiger charge is 2.46. The van der Waals surface area contributed by atoms with Crippen molar-refractivity contribution in [3.8, 4) is 0 Å². The van der Waals surface area contributed by atoms with Crippen LogP contribution in [0.25, 0.3) is 0 Å². The first-order valence-electron chi connectivity index (χ1n) is 12.4. The Labute approximate surface area is 223 Å². The number of rotatable bonds is 11. The van der Waals surface area contributed by atoms with Crippen molar-refractivity contribution in [2.75, 3.05) is 16.2 Å². The fourth-order valence-corrected chi connectivity index (χ4v) is 5.48. The molecule has 1 unspecified atom stereocenters. The van der Waals surface area contributed by atoms with E-state index in [2.05, 4.69) is 32.2 Å². The van der Waals surface area contributed by atoms with Gasteiger partial charge in [-0.2, -0.15) is 21.6 Å². The minimum absolute atomic E-state index is 0.0412. The zero-order valence-electron chi connectivity index (χ0n) is 21.6. The third-order valence-corrected chi connectivity index (χ3v) is 8.13. The summed E-state index contributed by atoms with van der Waals surface area (Å²) in [4.78, 5) is 14.2. The van der Waals surface area contributed by atoms with E-state index in [0.717, 1.165) is 42.6 Å². The molecule has 2 heterocycles. The molecule has 10 nitrogen and oxygen atoms in total. The average molecular weight is 577 g/mol. The van der Waals surface area contributed by atoms with Crippen molar-refractivity contribution in [1.82, 2.24) is 10.2 Å². The van der Waals surface area contributed by atoms with Crippen LogP contribution in [0.15, 0.2) is 22.4 Å². The van der Waals surface area contributed by atoms with E-state index in [9.17, 15) is 26.4 Å². The van der Waals surface area contributed by atoms with Crippen molar-refractivity contribution >= 4 is 49.5 Å². The second kappa shape index (κ2) is 12.4. The Morgan fingerprint density at radius 1 is 1.21 bits per heavy atom. The minimum Gasteiger partial charge on any atom is -0.460 e. The van der Waals surface area contributed by atoms with Gasteiger partial charge in [-0.25, -0.2) is 4.79 Å². The second-order valence-corrected chi connectivity index (χ2v) is 11.4. The van der Waals surface area contributed by atoms with E-state index in [1.54, 1.807) is 10.8 Å². The molecule has 0 amide bonds. The van der Waals surface area contributed by atoms with Crippen LogP contribution < -0.4 is 9.62 Å². The van der Waals surface area contributed by atoms with Gasteiger partial charge in [0.05, 0.1) is 12.3 Å². The van der Waals surface area contributed by atoms with Crippen LogP contribution in [-0.2, 0) is 21.2 Å². The lowest BCUT2D eigenvalue weighted by molar-refractivity contribution is -0.0429. The fourth-order valence-electron chi connectivity index (χ4n) is 4.35. The fraction of sp³-hybridized carbons (Fsp3) is 0.609. The number of carbonyl (C=O) groups excluding carboxylic acids is 1. The van der Waals surface area contributed by atoms with Crippen molar-refractivity contribution in [3.05, 3.63) is 22.7 Å². The summed E-state index contributed by atoms with van der Waals surface area (Å²) in [6.07, 6.45) is 4.57. The standard InChI is InChI=1S/C23H31F3N6O4S2/c1-5-11-36-21(33)20-28-30-22(37-20)29-27-17-12-14-9-10-16(8-4)32(15(6-2)7-3)19(14)13-18(17)31-38(34,35)23(24,25)26/h12-13,15-16,31H,5-11H2,1-4H3. The van der Waals surface area contributed by atoms with Crippen LogP contribution in [0.4, 0.5) is 35.4 Å². The topological polar surface area (TPSA) is 126 Å². The number of esters is 1. The number of nitrogens with one attached hydrogen (secondary N) is 1. The molecule has 2 aromatic rings. The van der Waals surface area contributed by atoms with E-state index in [4.69, 9.17) is 4.74 Å². The Kier molecular flexibility index (Phi) is 9.68. The van der Waals surface area contributed by atoms with Gasteiger partial charge < -0.3 is 9.64 Å². The molecule has 210 valence electrons. The van der Waals surface area contributed by atoms with Gasteiger partial charge in [0, 0.05) is 17.8 Å². The van der Waals surface area contributed by atoms with Gasteiger partial charge in [0.1, 0.15) is 5.69 Å². The minimum atomic E-state index is -5.72. The number of halogens is 3. The first kappa shape index (κ1) is 29.7. The van der Waals surface area contributed by atoms with E-state index < -0.39 is 21.5 Å². The highest BCUT2D eigenvalue weighted by atomic mass is 32.2. The van der Waals surface area contributed by atoms with Gasteiger partial charge in [0.15, 0.2) is 0 Å². The first-order chi connectivity index (χ1) is 17.9. The first-order valence-corrected chi connectivity index (χ1v) is 14.7. The molecule has 0 spiro atoms. The van der Waals surface area contributed by atoms with Crippen LogP contribution in [0.5, 0.6) is 0 Å². The summed E-state index contributed by atoms with van der Waals surface area (Å²) in [6.45, 7) is 8.18. The number of anilines is 2. The molecule has 0 radical (unpaired) electrons. The lowest BCUT2D eigenvalue weighted by Crippen LogP contribution is -2.45. The lowest BCUT2D eigenvalue weighted by atomic mass is 9.90. The maximum atomic E-state index is 13.3. The largest absolute Gasteiger partial charge is 0.516 e. The number of hydrogen-bond acceptors (Lipinski definition) is 10. The second-order valence-electron chi connectivity index (χ2n) is 8.75. The predicted octanol–water partition coefficient (Wildman–Crippen LogP) is 6.50. The van der Waals surface area contributed by atoms with Crippen molar-refractivity contribution in [3.63, 3.8) is 0 Å². The number of nitrogens with zero attached hydrogens (tertiary/aromatic N) is 5. The van der Waals surface area contributed by atoms with E-state index >= 15 is 0 Å². The molecule has 15 heteroatoms. The smallest absolute Gasteiger partial charge is 0.460 e. The summed E-state index contributed by atoms with van der Waals surface area (Å²) in [7, 11) is -5.72. The maximum absolute atomic E-state index is 13.3. The molecule has 1 aromatic carbocycles. The van der Waals surface area contributed by atoms with Gasteiger partial charge in [-0.1, -0.05) is 39.0 Å². The summed E-state index contributed by atoms with van der Waals surface area (Å²) < 4.78 is 70.5. The normalized spacial score (nSPS) is 16.2. The van der Waals surface area contributed by atoms with Crippen molar-refractivity contribution < 1.29 is 31.1 Å². The summed E-state index contributed by atoms with van der Waals surface area (Å²) in [5.74, 6) is -0.676. The van der Waals surface area contributed by atoms with Crippen molar-refractivity contribution in [2.24, 2.45) is 10.2 Å². The molecule has 1 aliphatic rings. The van der Waals surface area contributed by atoms with Gasteiger partial charge in [-0.15, -0.1) is 20.4 Å². The van der Waals surface area contributed by atoms with Gasteiger partial charge in [0.25, 0.3) is 5.13 Å². The highest BCUT2D eigenvalue weighted by Crippen LogP contribution is 2.42. The molecule has 3 rings (SSSR count). The van der Waals surface area contributed by atoms with E-state index in [1.165, 1.54) is 6.07 Å². The molecule has 0 bridgehead atoms. The van der Waals surface area contributed by atoms with Crippen molar-refractivity contribution in [1.29, 1.82) is 0 Å².